The average molecular weight is 848 g/mol. The number of amides is 4. The van der Waals surface area contributed by atoms with Gasteiger partial charge in [-0.15, -0.1) is 0 Å². The predicted octanol–water partition coefficient (Wildman–Crippen LogP) is 6.35. The van der Waals surface area contributed by atoms with Crippen LogP contribution in [-0.4, -0.2) is 86.8 Å². The highest BCUT2D eigenvalue weighted by Gasteiger charge is 2.47. The molecule has 13 nitrogen and oxygen atoms in total. The van der Waals surface area contributed by atoms with E-state index in [9.17, 15) is 23.6 Å². The molecule has 0 bridgehead atoms. The molecule has 4 aliphatic rings. The number of anilines is 2. The lowest BCUT2D eigenvalue weighted by Crippen LogP contribution is -2.54. The third kappa shape index (κ3) is 7.37. The number of nitrogens with one attached hydrogen (secondary N) is 1. The Kier molecular flexibility index (Phi) is 8.43. The Labute approximate surface area is 352 Å². The molecule has 58 heavy (non-hydrogen) atoms. The summed E-state index contributed by atoms with van der Waals surface area (Å²) in [5.74, 6) is -9.28. The molecule has 1 aliphatic carbocycles. The number of pyridine rings is 1. The van der Waals surface area contributed by atoms with Crippen LogP contribution < -0.4 is 20.7 Å². The number of benzene rings is 2. The Balaban J connectivity index is 0.983. The van der Waals surface area contributed by atoms with Crippen LogP contribution in [0.25, 0.3) is 11.1 Å². The van der Waals surface area contributed by atoms with Crippen molar-refractivity contribution < 1.29 is 48.1 Å². The third-order valence-electron chi connectivity index (χ3n) is 10.7. The number of rotatable bonds is 9. The zero-order valence-electron chi connectivity index (χ0n) is 38.5. The second kappa shape index (κ2) is 15.9. The number of ether oxygens (including phenoxy) is 1. The standard InChI is InChI=1S/C40H39Cl2F3N8O5/c1-20(32-26(41)6-7-27(43)34(32)42)58-30-14-22(16-47-37(30)46)23-17-48-52(19-23)24-4-2-21(3-5-24)18-50-10-12-51(13-11-50)36-28(44)15-25-33(35(36)45)40(57)53(39(25)56)29-8-9-31(54)49-38(29)55/h6-7,14-17,19-21,24,29H,2-5,8-13,18H2,1H3,(H2,46,47)(H,49,54,55)/t20-,21?,24?,29?/m1/s1/i10D2,11D2,12D2,13D2. The number of nitrogens with two attached hydrogens (primary N) is 1. The van der Waals surface area contributed by atoms with Crippen LogP contribution in [0.2, 0.25) is 10.0 Å². The molecule has 4 aromatic rings. The van der Waals surface area contributed by atoms with Crippen molar-refractivity contribution in [3.63, 3.8) is 0 Å². The van der Waals surface area contributed by atoms with E-state index in [4.69, 9.17) is 44.6 Å². The van der Waals surface area contributed by atoms with E-state index in [1.165, 1.54) is 12.3 Å². The van der Waals surface area contributed by atoms with Gasteiger partial charge < -0.3 is 15.4 Å². The fourth-order valence-electron chi connectivity index (χ4n) is 7.63. The minimum absolute atomic E-state index is 0.0492. The van der Waals surface area contributed by atoms with E-state index in [1.807, 2.05) is 5.32 Å². The minimum Gasteiger partial charge on any atom is -0.482 e. The number of carbonyl (C=O) groups excluding carboxylic acids is 4. The number of halogens is 5. The predicted molar refractivity (Wildman–Crippen MR) is 208 cm³/mol. The highest BCUT2D eigenvalue weighted by atomic mass is 35.5. The van der Waals surface area contributed by atoms with Crippen LogP contribution in [0.15, 0.2) is 42.9 Å². The largest absolute Gasteiger partial charge is 0.482 e. The SMILES string of the molecule is [2H]C1([2H])N(CC2CCC(n3cc(-c4cnc(N)c(O[C@H](C)c5c(Cl)ccc(F)c5Cl)c4)cn3)CC2)C([2H])([2H])C([2H])([2H])N(c2c(F)cc3c(c2F)C(=O)N(C2CCC(=O)NC2=O)C3=O)C1([2H])[2H]. The van der Waals surface area contributed by atoms with E-state index >= 15 is 8.78 Å². The van der Waals surface area contributed by atoms with E-state index in [1.54, 1.807) is 30.1 Å². The Bertz CT molecular complexity index is 2680. The Hall–Kier alpha value is -5.19. The molecule has 304 valence electrons. The minimum atomic E-state index is -3.74. The smallest absolute Gasteiger partial charge is 0.265 e. The van der Waals surface area contributed by atoms with Gasteiger partial charge in [-0.2, -0.15) is 5.10 Å². The number of nitrogen functional groups attached to an aromatic ring is 1. The van der Waals surface area contributed by atoms with E-state index in [-0.39, 0.29) is 51.0 Å². The molecule has 0 radical (unpaired) electrons. The molecule has 2 aromatic heterocycles. The zero-order valence-corrected chi connectivity index (χ0v) is 32.0. The number of hydrogen-bond acceptors (Lipinski definition) is 10. The van der Waals surface area contributed by atoms with Crippen molar-refractivity contribution >= 4 is 58.3 Å². The first-order chi connectivity index (χ1) is 30.8. The van der Waals surface area contributed by atoms with Crippen molar-refractivity contribution in [2.75, 3.05) is 43.2 Å². The maximum atomic E-state index is 16.6. The van der Waals surface area contributed by atoms with E-state index < -0.39 is 108 Å². The van der Waals surface area contributed by atoms with Crippen LogP contribution in [0.3, 0.4) is 0 Å². The molecule has 1 saturated carbocycles. The molecular formula is C40H39Cl2F3N8O5. The number of imide groups is 2. The van der Waals surface area contributed by atoms with Gasteiger partial charge in [0.2, 0.25) is 11.8 Å². The van der Waals surface area contributed by atoms with Gasteiger partial charge in [-0.3, -0.25) is 39.0 Å². The highest BCUT2D eigenvalue weighted by molar-refractivity contribution is 6.36. The molecule has 2 atom stereocenters. The normalized spacial score (nSPS) is 27.5. The lowest BCUT2D eigenvalue weighted by molar-refractivity contribution is -0.136. The quantitative estimate of drug-likeness (QED) is 0.144. The average Bonchev–Trinajstić information content (AvgIpc) is 3.83. The summed E-state index contributed by atoms with van der Waals surface area (Å²) in [5.41, 5.74) is 3.84. The van der Waals surface area contributed by atoms with Crippen LogP contribution in [0.4, 0.5) is 24.7 Å². The summed E-state index contributed by atoms with van der Waals surface area (Å²) in [7, 11) is 0. The molecule has 1 unspecified atom stereocenters. The lowest BCUT2D eigenvalue weighted by Gasteiger charge is -2.39. The first-order valence-corrected chi connectivity index (χ1v) is 19.0. The van der Waals surface area contributed by atoms with Crippen LogP contribution in [0.1, 0.15) is 94.8 Å². The maximum absolute atomic E-state index is 16.6. The van der Waals surface area contributed by atoms with Gasteiger partial charge in [0.1, 0.15) is 29.5 Å². The van der Waals surface area contributed by atoms with Gasteiger partial charge in [-0.05, 0) is 69.2 Å². The van der Waals surface area contributed by atoms with Gasteiger partial charge in [0, 0.05) is 78.5 Å². The number of carbonyl (C=O) groups is 4. The van der Waals surface area contributed by atoms with Crippen molar-refractivity contribution in [3.8, 4) is 16.9 Å². The molecule has 0 spiro atoms. The van der Waals surface area contributed by atoms with E-state index in [2.05, 4.69) is 10.1 Å². The van der Waals surface area contributed by atoms with Crippen molar-refractivity contribution in [3.05, 3.63) is 87.0 Å². The number of hydrogen-bond donors (Lipinski definition) is 2. The molecule has 3 aliphatic heterocycles. The summed E-state index contributed by atoms with van der Waals surface area (Å²) >= 11 is 12.5. The Morgan fingerprint density at radius 1 is 0.966 bits per heavy atom. The first kappa shape index (κ1) is 30.8. The summed E-state index contributed by atoms with van der Waals surface area (Å²) < 4.78 is 126. The fourth-order valence-corrected chi connectivity index (χ4v) is 8.31. The van der Waals surface area contributed by atoms with Crippen LogP contribution in [-0.2, 0) is 9.59 Å². The van der Waals surface area contributed by atoms with Crippen molar-refractivity contribution in [2.45, 2.75) is 63.6 Å². The fraction of sp³-hybridized carbons (Fsp3) is 0.400. The number of aromatic nitrogens is 3. The van der Waals surface area contributed by atoms with Gasteiger partial charge in [0.25, 0.3) is 11.8 Å². The summed E-state index contributed by atoms with van der Waals surface area (Å²) in [4.78, 5) is 55.6. The number of fused-ring (bicyclic) bond motifs is 1. The topological polar surface area (TPSA) is 156 Å². The van der Waals surface area contributed by atoms with Crippen molar-refractivity contribution in [2.24, 2.45) is 5.92 Å². The number of piperazine rings is 1. The van der Waals surface area contributed by atoms with Crippen molar-refractivity contribution in [1.29, 1.82) is 0 Å². The molecule has 8 rings (SSSR count). The third-order valence-corrected chi connectivity index (χ3v) is 11.4. The second-order valence-corrected chi connectivity index (χ2v) is 15.1. The maximum Gasteiger partial charge on any atom is 0.265 e. The number of piperidine rings is 1. The van der Waals surface area contributed by atoms with Gasteiger partial charge >= 0.3 is 0 Å². The molecule has 3 fully saturated rings. The van der Waals surface area contributed by atoms with Crippen LogP contribution in [0.5, 0.6) is 5.75 Å². The van der Waals surface area contributed by atoms with E-state index in [0.29, 0.717) is 52.7 Å². The number of nitrogens with zero attached hydrogens (tertiary/aromatic N) is 6. The molecule has 4 amide bonds. The van der Waals surface area contributed by atoms with Gasteiger partial charge in [0.05, 0.1) is 33.9 Å². The molecular weight excluding hydrogens is 800 g/mol. The van der Waals surface area contributed by atoms with Gasteiger partial charge in [-0.25, -0.2) is 18.2 Å². The first-order valence-electron chi connectivity index (χ1n) is 22.2. The Morgan fingerprint density at radius 3 is 2.43 bits per heavy atom. The second-order valence-electron chi connectivity index (χ2n) is 14.3. The molecule has 18 heteroatoms. The zero-order chi connectivity index (χ0) is 48.2. The summed E-state index contributed by atoms with van der Waals surface area (Å²) in [6.07, 6.45) is 4.96. The van der Waals surface area contributed by atoms with Crippen LogP contribution in [0, 0.1) is 23.4 Å². The van der Waals surface area contributed by atoms with E-state index in [0.717, 1.165) is 6.07 Å². The van der Waals surface area contributed by atoms with Crippen LogP contribution >= 0.6 is 23.2 Å². The summed E-state index contributed by atoms with van der Waals surface area (Å²) in [6, 6.07) is 2.66. The molecule has 2 aromatic carbocycles. The van der Waals surface area contributed by atoms with Crippen molar-refractivity contribution in [1.82, 2.24) is 29.9 Å². The summed E-state index contributed by atoms with van der Waals surface area (Å²) in [6.45, 7) is -13.4. The Morgan fingerprint density at radius 2 is 1.71 bits per heavy atom. The van der Waals surface area contributed by atoms with Gasteiger partial charge in [0.15, 0.2) is 17.4 Å². The summed E-state index contributed by atoms with van der Waals surface area (Å²) in [5, 5.41) is 6.47. The molecule has 3 N–H and O–H groups in total. The monoisotopic (exact) mass is 846 g/mol. The highest BCUT2D eigenvalue weighted by Crippen LogP contribution is 2.39. The van der Waals surface area contributed by atoms with Gasteiger partial charge in [-0.1, -0.05) is 23.2 Å². The molecule has 5 heterocycles. The lowest BCUT2D eigenvalue weighted by atomic mass is 9.85. The molecule has 2 saturated heterocycles.